The van der Waals surface area contributed by atoms with Gasteiger partial charge < -0.3 is 10.1 Å². The fourth-order valence-corrected chi connectivity index (χ4v) is 2.59. The van der Waals surface area contributed by atoms with Crippen molar-refractivity contribution in [1.29, 1.82) is 0 Å². The van der Waals surface area contributed by atoms with Crippen molar-refractivity contribution in [3.63, 3.8) is 0 Å². The van der Waals surface area contributed by atoms with Crippen molar-refractivity contribution >= 4 is 0 Å². The number of benzene rings is 1. The van der Waals surface area contributed by atoms with E-state index in [-0.39, 0.29) is 0 Å². The van der Waals surface area contributed by atoms with Crippen molar-refractivity contribution in [3.8, 4) is 5.75 Å². The van der Waals surface area contributed by atoms with E-state index in [1.54, 1.807) is 0 Å². The molecule has 0 aromatic heterocycles. The molecule has 0 amide bonds. The van der Waals surface area contributed by atoms with Crippen LogP contribution in [0.5, 0.6) is 5.75 Å². The molecule has 1 aromatic rings. The van der Waals surface area contributed by atoms with Crippen LogP contribution in [0, 0.1) is 12.3 Å². The Bertz CT molecular complexity index is 425. The van der Waals surface area contributed by atoms with Crippen molar-refractivity contribution < 1.29 is 4.74 Å². The number of piperazine rings is 1. The van der Waals surface area contributed by atoms with E-state index in [0.717, 1.165) is 38.5 Å². The quantitative estimate of drug-likeness (QED) is 0.915. The molecule has 1 N–H and O–H groups in total. The van der Waals surface area contributed by atoms with Gasteiger partial charge in [0, 0.05) is 32.2 Å². The Morgan fingerprint density at radius 1 is 1.35 bits per heavy atom. The monoisotopic (exact) mass is 276 g/mol. The molecule has 1 saturated heterocycles. The van der Waals surface area contributed by atoms with Crippen LogP contribution in [-0.4, -0.2) is 43.7 Å². The summed E-state index contributed by atoms with van der Waals surface area (Å²) in [6.07, 6.45) is 0. The van der Waals surface area contributed by atoms with Crippen LogP contribution in [0.4, 0.5) is 0 Å². The van der Waals surface area contributed by atoms with Gasteiger partial charge in [0.1, 0.15) is 12.4 Å². The van der Waals surface area contributed by atoms with E-state index in [1.807, 2.05) is 12.1 Å². The normalized spacial score (nSPS) is 20.9. The van der Waals surface area contributed by atoms with Gasteiger partial charge in [-0.3, -0.25) is 4.90 Å². The molecular formula is C17H28N2O. The second kappa shape index (κ2) is 6.59. The second-order valence-electron chi connectivity index (χ2n) is 6.84. The predicted molar refractivity (Wildman–Crippen MR) is 84.4 cm³/mol. The molecule has 112 valence electrons. The summed E-state index contributed by atoms with van der Waals surface area (Å²) in [6.45, 7) is 14.1. The first-order valence-corrected chi connectivity index (χ1v) is 7.60. The first-order chi connectivity index (χ1) is 9.45. The lowest BCUT2D eigenvalue weighted by molar-refractivity contribution is 0.118. The van der Waals surface area contributed by atoms with Crippen molar-refractivity contribution in [2.75, 3.05) is 32.8 Å². The molecule has 1 unspecified atom stereocenters. The molecule has 1 aliphatic rings. The standard InChI is InChI=1S/C17H28N2O/c1-14-6-5-7-15(12-14)20-11-10-19-9-8-18-16(13-19)17(2,3)4/h5-7,12,16,18H,8-11,13H2,1-4H3. The Morgan fingerprint density at radius 3 is 2.85 bits per heavy atom. The number of nitrogens with zero attached hydrogens (tertiary/aromatic N) is 1. The number of hydrogen-bond donors (Lipinski definition) is 1. The van der Waals surface area contributed by atoms with Crippen LogP contribution in [0.3, 0.4) is 0 Å². The first kappa shape index (κ1) is 15.3. The molecule has 20 heavy (non-hydrogen) atoms. The molecule has 1 heterocycles. The summed E-state index contributed by atoms with van der Waals surface area (Å²) < 4.78 is 5.85. The molecule has 0 radical (unpaired) electrons. The molecule has 0 aliphatic carbocycles. The number of hydrogen-bond acceptors (Lipinski definition) is 3. The van der Waals surface area contributed by atoms with Gasteiger partial charge in [-0.05, 0) is 30.0 Å². The molecule has 3 nitrogen and oxygen atoms in total. The van der Waals surface area contributed by atoms with Gasteiger partial charge in [0.15, 0.2) is 0 Å². The van der Waals surface area contributed by atoms with Gasteiger partial charge in [0.05, 0.1) is 0 Å². The van der Waals surface area contributed by atoms with E-state index in [4.69, 9.17) is 4.74 Å². The minimum atomic E-state index is 0.316. The molecule has 1 fully saturated rings. The van der Waals surface area contributed by atoms with Crippen molar-refractivity contribution in [2.24, 2.45) is 5.41 Å². The minimum Gasteiger partial charge on any atom is -0.492 e. The van der Waals surface area contributed by atoms with Gasteiger partial charge in [-0.15, -0.1) is 0 Å². The van der Waals surface area contributed by atoms with E-state index >= 15 is 0 Å². The highest BCUT2D eigenvalue weighted by Crippen LogP contribution is 2.21. The van der Waals surface area contributed by atoms with E-state index in [1.165, 1.54) is 5.56 Å². The zero-order valence-electron chi connectivity index (χ0n) is 13.3. The molecule has 1 atom stereocenters. The number of aryl methyl sites for hydroxylation is 1. The fourth-order valence-electron chi connectivity index (χ4n) is 2.59. The van der Waals surface area contributed by atoms with E-state index in [0.29, 0.717) is 11.5 Å². The van der Waals surface area contributed by atoms with Gasteiger partial charge in [0.25, 0.3) is 0 Å². The summed E-state index contributed by atoms with van der Waals surface area (Å²) in [5, 5.41) is 3.62. The minimum absolute atomic E-state index is 0.316. The lowest BCUT2D eigenvalue weighted by atomic mass is 9.85. The molecule has 0 saturated carbocycles. The van der Waals surface area contributed by atoms with Gasteiger partial charge >= 0.3 is 0 Å². The van der Waals surface area contributed by atoms with Crippen molar-refractivity contribution in [2.45, 2.75) is 33.7 Å². The van der Waals surface area contributed by atoms with E-state index in [9.17, 15) is 0 Å². The van der Waals surface area contributed by atoms with Crippen LogP contribution in [-0.2, 0) is 0 Å². The Kier molecular flexibility index (Phi) is 5.06. The Morgan fingerprint density at radius 2 is 2.15 bits per heavy atom. The van der Waals surface area contributed by atoms with Gasteiger partial charge in [-0.2, -0.15) is 0 Å². The lowest BCUT2D eigenvalue weighted by Gasteiger charge is -2.40. The largest absolute Gasteiger partial charge is 0.492 e. The average molecular weight is 276 g/mol. The average Bonchev–Trinajstić information content (AvgIpc) is 2.38. The summed E-state index contributed by atoms with van der Waals surface area (Å²) in [7, 11) is 0. The highest BCUT2D eigenvalue weighted by atomic mass is 16.5. The van der Waals surface area contributed by atoms with E-state index in [2.05, 4.69) is 50.0 Å². The summed E-state index contributed by atoms with van der Waals surface area (Å²) in [5.74, 6) is 0.979. The maximum Gasteiger partial charge on any atom is 0.119 e. The predicted octanol–water partition coefficient (Wildman–Crippen LogP) is 2.69. The maximum absolute atomic E-state index is 5.85. The second-order valence-corrected chi connectivity index (χ2v) is 6.84. The van der Waals surface area contributed by atoms with Gasteiger partial charge in [-0.1, -0.05) is 32.9 Å². The summed E-state index contributed by atoms with van der Waals surface area (Å²) in [4.78, 5) is 2.50. The van der Waals surface area contributed by atoms with Crippen LogP contribution >= 0.6 is 0 Å². The summed E-state index contributed by atoms with van der Waals surface area (Å²) >= 11 is 0. The number of rotatable bonds is 4. The molecule has 3 heteroatoms. The van der Waals surface area contributed by atoms with Crippen LogP contribution in [0.25, 0.3) is 0 Å². The van der Waals surface area contributed by atoms with Crippen LogP contribution < -0.4 is 10.1 Å². The maximum atomic E-state index is 5.85. The molecular weight excluding hydrogens is 248 g/mol. The van der Waals surface area contributed by atoms with Crippen LogP contribution in [0.1, 0.15) is 26.3 Å². The smallest absolute Gasteiger partial charge is 0.119 e. The highest BCUT2D eigenvalue weighted by Gasteiger charge is 2.28. The molecule has 0 bridgehead atoms. The molecule has 2 rings (SSSR count). The van der Waals surface area contributed by atoms with Crippen molar-refractivity contribution in [1.82, 2.24) is 10.2 Å². The highest BCUT2D eigenvalue weighted by molar-refractivity contribution is 5.27. The molecule has 1 aromatic carbocycles. The Hall–Kier alpha value is -1.06. The Balaban J connectivity index is 1.76. The summed E-state index contributed by atoms with van der Waals surface area (Å²) in [6, 6.07) is 8.83. The molecule has 1 aliphatic heterocycles. The zero-order chi connectivity index (χ0) is 14.6. The lowest BCUT2D eigenvalue weighted by Crippen LogP contribution is -2.56. The topological polar surface area (TPSA) is 24.5 Å². The summed E-state index contributed by atoms with van der Waals surface area (Å²) in [5.41, 5.74) is 1.56. The third-order valence-electron chi connectivity index (χ3n) is 3.97. The van der Waals surface area contributed by atoms with Gasteiger partial charge in [0.2, 0.25) is 0 Å². The van der Waals surface area contributed by atoms with Gasteiger partial charge in [-0.25, -0.2) is 0 Å². The number of ether oxygens (including phenoxy) is 1. The number of nitrogens with one attached hydrogen (secondary N) is 1. The molecule has 0 spiro atoms. The SMILES string of the molecule is Cc1cccc(OCCN2CCNC(C(C)(C)C)C2)c1. The van der Waals surface area contributed by atoms with Crippen LogP contribution in [0.2, 0.25) is 0 Å². The third-order valence-corrected chi connectivity index (χ3v) is 3.97. The Labute approximate surface area is 123 Å². The fraction of sp³-hybridized carbons (Fsp3) is 0.647. The van der Waals surface area contributed by atoms with E-state index < -0.39 is 0 Å². The zero-order valence-corrected chi connectivity index (χ0v) is 13.3. The van der Waals surface area contributed by atoms with Crippen molar-refractivity contribution in [3.05, 3.63) is 29.8 Å². The van der Waals surface area contributed by atoms with Crippen LogP contribution in [0.15, 0.2) is 24.3 Å². The first-order valence-electron chi connectivity index (χ1n) is 7.60. The third kappa shape index (κ3) is 4.50.